The number of halogens is 2. The monoisotopic (exact) mass is 520 g/mol. The summed E-state index contributed by atoms with van der Waals surface area (Å²) in [6.45, 7) is 0. The fourth-order valence-electron chi connectivity index (χ4n) is 4.19. The van der Waals surface area contributed by atoms with Gasteiger partial charge in [0, 0.05) is 65.4 Å². The maximum atomic E-state index is 3.71. The van der Waals surface area contributed by atoms with Crippen LogP contribution >= 0.6 is 43.6 Å². The third-order valence-corrected chi connectivity index (χ3v) is 7.37. The number of nitrogens with one attached hydrogen (secondary N) is 2. The van der Waals surface area contributed by atoms with E-state index < -0.39 is 0 Å². The molecule has 140 valence electrons. The van der Waals surface area contributed by atoms with Crippen molar-refractivity contribution in [1.82, 2.24) is 9.97 Å². The third kappa shape index (κ3) is 2.83. The second-order valence-electron chi connectivity index (χ2n) is 7.15. The quantitative estimate of drug-likeness (QED) is 0.235. The number of benzene rings is 2. The fraction of sp³-hybridized carbons (Fsp3) is 0. The van der Waals surface area contributed by atoms with E-state index in [0.29, 0.717) is 0 Å². The smallest absolute Gasteiger partial charge is 0.0219 e. The van der Waals surface area contributed by atoms with Crippen LogP contribution in [0.15, 0.2) is 92.1 Å². The zero-order chi connectivity index (χ0) is 19.5. The van der Waals surface area contributed by atoms with Gasteiger partial charge in [-0.3, -0.25) is 0 Å². The largest absolute Gasteiger partial charge is 0.367 e. The average Bonchev–Trinajstić information content (AvgIpc) is 3.25. The van der Waals surface area contributed by atoms with Crippen LogP contribution in [0.1, 0.15) is 0 Å². The molecule has 0 atom stereocenters. The molecule has 0 amide bonds. The number of hydrogen-bond acceptors (Lipinski definition) is 1. The van der Waals surface area contributed by atoms with E-state index in [4.69, 9.17) is 0 Å². The fourth-order valence-corrected chi connectivity index (χ4v) is 6.71. The van der Waals surface area contributed by atoms with Crippen LogP contribution in [-0.4, -0.2) is 9.97 Å². The van der Waals surface area contributed by atoms with Crippen molar-refractivity contribution >= 4 is 65.2 Å². The second kappa shape index (κ2) is 6.66. The van der Waals surface area contributed by atoms with Gasteiger partial charge >= 0.3 is 0 Å². The van der Waals surface area contributed by atoms with E-state index in [1.807, 2.05) is 24.2 Å². The third-order valence-electron chi connectivity index (χ3n) is 5.37. The summed E-state index contributed by atoms with van der Waals surface area (Å²) in [4.78, 5) is 8.99. The summed E-state index contributed by atoms with van der Waals surface area (Å²) < 4.78 is 2.19. The number of hydrogen-bond donors (Lipinski definition) is 2. The molecule has 2 heterocycles. The highest BCUT2D eigenvalue weighted by atomic mass is 79.9. The molecule has 0 saturated heterocycles. The Morgan fingerprint density at radius 3 is 1.59 bits per heavy atom. The number of rotatable bonds is 2. The normalized spacial score (nSPS) is 11.9. The molecule has 2 aromatic rings. The van der Waals surface area contributed by atoms with E-state index in [1.165, 1.54) is 53.6 Å². The standard InChI is InChI=1S/C24H14Br2N2S/c25-17-7-15-5-13-1-3-27-11-19(13)23(15)21(9-17)29-22-10-18(26)8-16-6-14-2-4-28-12-20(14)24(16)22/h1-12,27-28H. The van der Waals surface area contributed by atoms with Gasteiger partial charge in [0.15, 0.2) is 0 Å². The molecule has 2 aliphatic carbocycles. The van der Waals surface area contributed by atoms with E-state index >= 15 is 0 Å². The minimum absolute atomic E-state index is 1.10. The molecule has 6 rings (SSSR count). The number of fused-ring (bicyclic) bond motifs is 6. The van der Waals surface area contributed by atoms with Crippen LogP contribution in [0, 0.1) is 0 Å². The van der Waals surface area contributed by atoms with Gasteiger partial charge in [0.2, 0.25) is 0 Å². The molecule has 0 spiro atoms. The predicted octanol–water partition coefficient (Wildman–Crippen LogP) is 8.54. The van der Waals surface area contributed by atoms with Crippen molar-refractivity contribution in [2.75, 3.05) is 0 Å². The van der Waals surface area contributed by atoms with E-state index in [0.717, 1.165) is 8.95 Å². The first-order chi connectivity index (χ1) is 14.2. The summed E-state index contributed by atoms with van der Waals surface area (Å²) in [5, 5.41) is 5.09. The summed E-state index contributed by atoms with van der Waals surface area (Å²) in [6.07, 6.45) is 8.15. The van der Waals surface area contributed by atoms with E-state index in [2.05, 4.69) is 103 Å². The minimum Gasteiger partial charge on any atom is -0.367 e. The zero-order valence-electron chi connectivity index (χ0n) is 15.1. The van der Waals surface area contributed by atoms with Crippen LogP contribution in [0.5, 0.6) is 0 Å². The van der Waals surface area contributed by atoms with Gasteiger partial charge in [-0.1, -0.05) is 43.6 Å². The van der Waals surface area contributed by atoms with Crippen molar-refractivity contribution in [1.29, 1.82) is 0 Å². The first-order valence-corrected chi connectivity index (χ1v) is 11.6. The summed E-state index contributed by atoms with van der Waals surface area (Å²) in [7, 11) is 0. The Kier molecular flexibility index (Phi) is 4.05. The Labute approximate surface area is 188 Å². The highest BCUT2D eigenvalue weighted by Crippen LogP contribution is 2.47. The van der Waals surface area contributed by atoms with Crippen LogP contribution in [0.25, 0.3) is 43.8 Å². The van der Waals surface area contributed by atoms with Crippen LogP contribution in [0.3, 0.4) is 0 Å². The van der Waals surface area contributed by atoms with E-state index in [-0.39, 0.29) is 0 Å². The Bertz CT molecular complexity index is 1350. The van der Waals surface area contributed by atoms with Gasteiger partial charge in [0.1, 0.15) is 0 Å². The van der Waals surface area contributed by atoms with Gasteiger partial charge < -0.3 is 9.97 Å². The van der Waals surface area contributed by atoms with Crippen molar-refractivity contribution in [3.63, 3.8) is 0 Å². The predicted molar refractivity (Wildman–Crippen MR) is 129 cm³/mol. The van der Waals surface area contributed by atoms with Gasteiger partial charge in [-0.05, 0) is 70.4 Å². The molecule has 0 fully saturated rings. The Balaban J connectivity index is 1.62. The number of H-pyrrole nitrogens is 2. The Morgan fingerprint density at radius 1 is 0.621 bits per heavy atom. The summed E-state index contributed by atoms with van der Waals surface area (Å²) in [5.74, 6) is 0. The maximum Gasteiger partial charge on any atom is 0.0219 e. The highest BCUT2D eigenvalue weighted by Gasteiger charge is 2.18. The molecular formula is C24H14Br2N2S. The first kappa shape index (κ1) is 17.6. The molecule has 0 radical (unpaired) electrons. The first-order valence-electron chi connectivity index (χ1n) is 9.23. The molecule has 29 heavy (non-hydrogen) atoms. The van der Waals surface area contributed by atoms with Crippen molar-refractivity contribution in [3.05, 3.63) is 82.3 Å². The summed E-state index contributed by atoms with van der Waals surface area (Å²) in [6, 6.07) is 17.6. The van der Waals surface area contributed by atoms with Crippen LogP contribution < -0.4 is 0 Å². The molecule has 5 heteroatoms. The molecule has 0 saturated carbocycles. The topological polar surface area (TPSA) is 31.6 Å². The zero-order valence-corrected chi connectivity index (χ0v) is 19.1. The summed E-state index contributed by atoms with van der Waals surface area (Å²) >= 11 is 9.26. The molecule has 2 aromatic carbocycles. The highest BCUT2D eigenvalue weighted by molar-refractivity contribution is 9.10. The van der Waals surface area contributed by atoms with Crippen molar-refractivity contribution in [2.45, 2.75) is 9.79 Å². The lowest BCUT2D eigenvalue weighted by molar-refractivity contribution is 1.33. The van der Waals surface area contributed by atoms with E-state index in [9.17, 15) is 0 Å². The van der Waals surface area contributed by atoms with E-state index in [1.54, 1.807) is 0 Å². The van der Waals surface area contributed by atoms with Crippen LogP contribution in [-0.2, 0) is 0 Å². The lowest BCUT2D eigenvalue weighted by Gasteiger charge is -2.10. The van der Waals surface area contributed by atoms with Crippen molar-refractivity contribution in [3.8, 4) is 22.3 Å². The molecule has 2 N–H and O–H groups in total. The van der Waals surface area contributed by atoms with Crippen molar-refractivity contribution in [2.24, 2.45) is 0 Å². The van der Waals surface area contributed by atoms with Crippen LogP contribution in [0.4, 0.5) is 0 Å². The number of aromatic nitrogens is 2. The Hall–Kier alpha value is -2.21. The number of pyridine rings is 2. The van der Waals surface area contributed by atoms with Gasteiger partial charge in [-0.15, -0.1) is 0 Å². The Morgan fingerprint density at radius 2 is 1.10 bits per heavy atom. The molecule has 0 unspecified atom stereocenters. The molecule has 0 bridgehead atoms. The molecule has 2 aliphatic heterocycles. The molecular weight excluding hydrogens is 508 g/mol. The number of aromatic amines is 2. The van der Waals surface area contributed by atoms with Gasteiger partial charge in [0.25, 0.3) is 0 Å². The van der Waals surface area contributed by atoms with Crippen LogP contribution in [0.2, 0.25) is 0 Å². The van der Waals surface area contributed by atoms with Gasteiger partial charge in [-0.25, -0.2) is 0 Å². The molecule has 2 nitrogen and oxygen atoms in total. The SMILES string of the molecule is Brc1cc(Sc2cc(Br)cc3cc4cc[nH]cc-4c23)c2c3c[nH]ccc-3cc2c1. The maximum absolute atomic E-state index is 3.71. The second-order valence-corrected chi connectivity index (χ2v) is 10.1. The summed E-state index contributed by atoms with van der Waals surface area (Å²) in [5.41, 5.74) is 5.02. The van der Waals surface area contributed by atoms with Gasteiger partial charge in [-0.2, -0.15) is 0 Å². The lowest BCUT2D eigenvalue weighted by Crippen LogP contribution is -1.83. The van der Waals surface area contributed by atoms with Gasteiger partial charge in [0.05, 0.1) is 0 Å². The average molecular weight is 522 g/mol. The molecule has 4 aliphatic rings. The molecule has 0 aromatic heterocycles. The minimum atomic E-state index is 1.10. The van der Waals surface area contributed by atoms with Crippen molar-refractivity contribution < 1.29 is 0 Å². The lowest BCUT2D eigenvalue weighted by atomic mass is 10.1.